The number of aromatic nitrogens is 2. The van der Waals surface area contributed by atoms with Crippen molar-refractivity contribution in [2.24, 2.45) is 0 Å². The van der Waals surface area contributed by atoms with Crippen molar-refractivity contribution in [1.82, 2.24) is 9.13 Å². The van der Waals surface area contributed by atoms with Gasteiger partial charge in [0.1, 0.15) is 0 Å². The van der Waals surface area contributed by atoms with E-state index < -0.39 is 155 Å². The molecular formula is C114H93BN6. The third-order valence-electron chi connectivity index (χ3n) is 23.4. The van der Waals surface area contributed by atoms with Crippen LogP contribution in [0, 0.1) is 0 Å². The van der Waals surface area contributed by atoms with Crippen LogP contribution in [0.5, 0.6) is 0 Å². The molecule has 2 aliphatic rings. The van der Waals surface area contributed by atoms with E-state index in [2.05, 4.69) is 86.6 Å². The molecule has 0 spiro atoms. The molecule has 6 nitrogen and oxygen atoms in total. The van der Waals surface area contributed by atoms with Crippen molar-refractivity contribution in [2.45, 2.75) is 78.6 Å². The summed E-state index contributed by atoms with van der Waals surface area (Å²) < 4.78 is 217. The second-order valence-electron chi connectivity index (χ2n) is 34.1. The largest absolute Gasteiger partial charge is 0.310 e. The van der Waals surface area contributed by atoms with Crippen LogP contribution < -0.4 is 36.0 Å². The molecule has 17 aromatic carbocycles. The van der Waals surface area contributed by atoms with Gasteiger partial charge in [0.05, 0.1) is 60.9 Å². The highest BCUT2D eigenvalue weighted by molar-refractivity contribution is 7.00. The molecule has 121 heavy (non-hydrogen) atoms. The molecule has 2 aliphatic heterocycles. The van der Waals surface area contributed by atoms with E-state index >= 15 is 0 Å². The highest BCUT2D eigenvalue weighted by Crippen LogP contribution is 2.57. The maximum absolute atomic E-state index is 12.1. The van der Waals surface area contributed by atoms with Crippen molar-refractivity contribution >= 4 is 135 Å². The normalized spacial score (nSPS) is 14.9. The summed E-state index contributed by atoms with van der Waals surface area (Å²) in [4.78, 5) is 7.17. The average Bonchev–Trinajstić information content (AvgIpc) is 1.65. The maximum atomic E-state index is 12.1. The number of rotatable bonds is 14. The van der Waals surface area contributed by atoms with Crippen LogP contribution in [0.1, 0.15) is 106 Å². The summed E-state index contributed by atoms with van der Waals surface area (Å²) in [6, 6.07) is 74.6. The highest BCUT2D eigenvalue weighted by Gasteiger charge is 2.47. The number of hydrogen-bond acceptors (Lipinski definition) is 4. The van der Waals surface area contributed by atoms with E-state index in [0.29, 0.717) is 101 Å². The number of anilines is 12. The monoisotopic (exact) mass is 1580 g/mol. The van der Waals surface area contributed by atoms with Gasteiger partial charge in [-0.05, 0) is 229 Å². The maximum Gasteiger partial charge on any atom is 0.252 e. The fourth-order valence-electron chi connectivity index (χ4n) is 17.4. The first kappa shape index (κ1) is 55.3. The SMILES string of the molecule is [2H]c1c([2H])c(-n2c3c([2H])c([2H])c([2H])c([2H])c3c3c([2H])c(N(c4ccccc4)c4ccccc4)c([2H])c([2H])c32)c([2H])c2c1B1c3c(cc(C(C)(C)C)cc3N(c3c(-c4ccccc4)cc(C(C)(C)C)cc3-c3ccccc3)c3c([2H])c(-n4c5c([2H])c([2H])c([2H])c([2H])c5c5c([2H])c(N(c6ccccc6)c6ccccc6)c([2H])c([2H])c54)c([2H])c([2H])c31)N2c1c(-c2ccccc2)cc(C(C)(C)C)cc1-c1ccccc1. The average molecular weight is 1580 g/mol. The van der Waals surface area contributed by atoms with Crippen LogP contribution in [0.15, 0.2) is 400 Å². The van der Waals surface area contributed by atoms with Crippen LogP contribution in [-0.2, 0) is 16.2 Å². The molecule has 0 saturated carbocycles. The first-order chi connectivity index (χ1) is 67.3. The lowest BCUT2D eigenvalue weighted by atomic mass is 9.33. The molecular weight excluding hydrogens is 1460 g/mol. The Labute approximate surface area is 738 Å². The Morgan fingerprint density at radius 1 is 0.264 bits per heavy atom. The van der Waals surface area contributed by atoms with Crippen molar-refractivity contribution in [3.8, 4) is 55.9 Å². The van der Waals surface area contributed by atoms with Gasteiger partial charge in [-0.15, -0.1) is 0 Å². The van der Waals surface area contributed by atoms with Gasteiger partial charge >= 0.3 is 0 Å². The van der Waals surface area contributed by atoms with Gasteiger partial charge in [-0.25, -0.2) is 0 Å². The molecule has 0 radical (unpaired) electrons. The topological polar surface area (TPSA) is 22.8 Å². The summed E-state index contributed by atoms with van der Waals surface area (Å²) in [5.74, 6) is 0. The van der Waals surface area contributed by atoms with Crippen molar-refractivity contribution < 1.29 is 27.4 Å². The van der Waals surface area contributed by atoms with Crippen molar-refractivity contribution in [1.29, 1.82) is 0 Å². The molecule has 0 atom stereocenters. The predicted molar refractivity (Wildman–Crippen MR) is 516 cm³/mol. The Bertz CT molecular complexity index is 7790. The van der Waals surface area contributed by atoms with E-state index in [1.807, 2.05) is 168 Å². The minimum atomic E-state index is -1.66. The molecule has 7 heteroatoms. The molecule has 2 aromatic heterocycles. The molecule has 582 valence electrons. The summed E-state index contributed by atoms with van der Waals surface area (Å²) in [6.45, 7) is 17.2. The van der Waals surface area contributed by atoms with Crippen LogP contribution in [0.2, 0.25) is 0 Å². The van der Waals surface area contributed by atoms with E-state index in [9.17, 15) is 27.4 Å². The molecule has 0 N–H and O–H groups in total. The fourth-order valence-corrected chi connectivity index (χ4v) is 17.4. The first-order valence-corrected chi connectivity index (χ1v) is 40.9. The summed E-state index contributed by atoms with van der Waals surface area (Å²) in [7, 11) is 0. The molecule has 4 heterocycles. The van der Waals surface area contributed by atoms with E-state index in [1.54, 1.807) is 107 Å². The second kappa shape index (κ2) is 29.3. The van der Waals surface area contributed by atoms with Crippen molar-refractivity contribution in [3.63, 3.8) is 0 Å². The van der Waals surface area contributed by atoms with Gasteiger partial charge in [-0.2, -0.15) is 0 Å². The molecule has 0 saturated heterocycles. The number of benzene rings is 17. The van der Waals surface area contributed by atoms with Crippen LogP contribution in [0.25, 0.3) is 99.5 Å². The standard InChI is InChI=1S/C114H93BN6/c1-112(2,3)80-66-93(76-38-18-10-19-39-76)110(94(67-80)77-40-20-11-21-41-77)120-105-74-89(118-101-56-36-34-54-91(101)97-72-87(60-64-103(97)118)116(83-46-26-14-27-47-83)84-48-28-15-29-49-84)58-62-99(105)115-100-63-59-90(119-102-57-37-35-55-92(102)98-73-88(61-65-104(98)119)117(85-50-30-16-31-51-85)86-52-32-17-33-53-86)75-106(100)121(108-71-82(114(7,8)9)70-107(120)109(108)115)111-95(78-42-22-12-23-43-78)68-81(113(4,5)6)69-96(111)79-44-24-13-25-45-79/h10-75H,1-9H3/i34D,35D,36D,37D,54D,55D,56D,57D,58D,59D,60D,61D,62D,63D,64D,65D,72D,73D,74D,75D. The summed E-state index contributed by atoms with van der Waals surface area (Å²) in [6.07, 6.45) is 0. The summed E-state index contributed by atoms with van der Waals surface area (Å²) in [5.41, 5.74) is 5.96. The van der Waals surface area contributed by atoms with Gasteiger partial charge in [0.15, 0.2) is 0 Å². The molecule has 0 unspecified atom stereocenters. The second-order valence-corrected chi connectivity index (χ2v) is 34.1. The van der Waals surface area contributed by atoms with E-state index in [0.717, 1.165) is 11.1 Å². The Balaban J connectivity index is 0.999. The van der Waals surface area contributed by atoms with Gasteiger partial charge in [0.2, 0.25) is 0 Å². The number of fused-ring (bicyclic) bond motifs is 10. The fraction of sp³-hybridized carbons (Fsp3) is 0.105. The van der Waals surface area contributed by atoms with Crippen LogP contribution >= 0.6 is 0 Å². The molecule has 0 fully saturated rings. The Hall–Kier alpha value is -14.4. The Morgan fingerprint density at radius 2 is 0.545 bits per heavy atom. The van der Waals surface area contributed by atoms with Gasteiger partial charge in [0, 0.05) is 112 Å². The van der Waals surface area contributed by atoms with E-state index in [4.69, 9.17) is 0 Å². The van der Waals surface area contributed by atoms with Crippen molar-refractivity contribution in [3.05, 3.63) is 417 Å². The molecule has 21 rings (SSSR count). The quantitative estimate of drug-likeness (QED) is 0.101. The zero-order valence-electron chi connectivity index (χ0n) is 88.3. The Morgan fingerprint density at radius 3 is 0.851 bits per heavy atom. The molecule has 19 aromatic rings. The van der Waals surface area contributed by atoms with Gasteiger partial charge in [-0.3, -0.25) is 0 Å². The zero-order chi connectivity index (χ0) is 99.4. The molecule has 0 bridgehead atoms. The van der Waals surface area contributed by atoms with Gasteiger partial charge < -0.3 is 28.7 Å². The first-order valence-electron chi connectivity index (χ1n) is 50.9. The lowest BCUT2D eigenvalue weighted by Crippen LogP contribution is -2.61. The third-order valence-corrected chi connectivity index (χ3v) is 23.4. The summed E-state index contributed by atoms with van der Waals surface area (Å²) in [5, 5.41) is -1.03. The van der Waals surface area contributed by atoms with Gasteiger partial charge in [-0.1, -0.05) is 305 Å². The van der Waals surface area contributed by atoms with E-state index in [-0.39, 0.29) is 77.3 Å². The number of nitrogens with zero attached hydrogens (tertiary/aromatic N) is 6. The Kier molecular flexibility index (Phi) is 13.4. The zero-order valence-corrected chi connectivity index (χ0v) is 68.3. The van der Waals surface area contributed by atoms with Gasteiger partial charge in [0.25, 0.3) is 6.71 Å². The number of hydrogen-bond donors (Lipinski definition) is 0. The summed E-state index contributed by atoms with van der Waals surface area (Å²) >= 11 is 0. The minimum Gasteiger partial charge on any atom is -0.310 e. The minimum absolute atomic E-state index is 0.134. The van der Waals surface area contributed by atoms with Crippen LogP contribution in [0.3, 0.4) is 0 Å². The third kappa shape index (κ3) is 12.8. The van der Waals surface area contributed by atoms with Crippen molar-refractivity contribution in [2.75, 3.05) is 19.6 Å². The molecule has 0 amide bonds. The highest BCUT2D eigenvalue weighted by atomic mass is 15.2. The number of para-hydroxylation sites is 6. The smallest absolute Gasteiger partial charge is 0.252 e. The molecule has 0 aliphatic carbocycles. The van der Waals surface area contributed by atoms with Crippen LogP contribution in [0.4, 0.5) is 68.2 Å². The lowest BCUT2D eigenvalue weighted by molar-refractivity contribution is 0.590. The predicted octanol–water partition coefficient (Wildman–Crippen LogP) is 29.5. The van der Waals surface area contributed by atoms with E-state index in [1.165, 1.54) is 9.13 Å². The van der Waals surface area contributed by atoms with Crippen LogP contribution in [-0.4, -0.2) is 15.8 Å². The lowest BCUT2D eigenvalue weighted by Gasteiger charge is -2.47.